The fourth-order valence-corrected chi connectivity index (χ4v) is 3.87. The summed E-state index contributed by atoms with van der Waals surface area (Å²) in [6.45, 7) is 6.58. The number of aliphatic carboxylic acids is 1. The van der Waals surface area contributed by atoms with Crippen molar-refractivity contribution in [3.05, 3.63) is 17.7 Å². The van der Waals surface area contributed by atoms with Gasteiger partial charge in [0, 0.05) is 31.2 Å². The van der Waals surface area contributed by atoms with Gasteiger partial charge < -0.3 is 9.67 Å². The number of hydrogen-bond acceptors (Lipinski definition) is 3. The molecule has 116 valence electrons. The van der Waals surface area contributed by atoms with E-state index >= 15 is 0 Å². The molecule has 1 saturated heterocycles. The number of carbonyl (C=O) groups is 1. The Balaban J connectivity index is 1.77. The number of imidazole rings is 1. The maximum Gasteiger partial charge on any atom is 0.314 e. The maximum absolute atomic E-state index is 11.4. The average Bonchev–Trinajstić information content (AvgIpc) is 3.03. The SMILES string of the molecule is CC(C)N1CCCC1Cc1cn2c(n1)C(C(=O)O)CCC2. The summed E-state index contributed by atoms with van der Waals surface area (Å²) in [5, 5.41) is 9.33. The zero-order chi connectivity index (χ0) is 15.0. The van der Waals surface area contributed by atoms with Crippen molar-refractivity contribution in [1.29, 1.82) is 0 Å². The van der Waals surface area contributed by atoms with E-state index in [1.165, 1.54) is 19.4 Å². The van der Waals surface area contributed by atoms with Crippen molar-refractivity contribution in [1.82, 2.24) is 14.5 Å². The Morgan fingerprint density at radius 3 is 2.86 bits per heavy atom. The Bertz CT molecular complexity index is 524. The van der Waals surface area contributed by atoms with E-state index in [9.17, 15) is 9.90 Å². The summed E-state index contributed by atoms with van der Waals surface area (Å²) in [5.41, 5.74) is 1.07. The lowest BCUT2D eigenvalue weighted by molar-refractivity contribution is -0.139. The molecular formula is C16H25N3O2. The number of aromatic nitrogens is 2. The minimum atomic E-state index is -0.738. The van der Waals surface area contributed by atoms with Gasteiger partial charge >= 0.3 is 5.97 Å². The van der Waals surface area contributed by atoms with Gasteiger partial charge in [0.2, 0.25) is 0 Å². The van der Waals surface area contributed by atoms with Crippen LogP contribution in [0.3, 0.4) is 0 Å². The molecule has 0 bridgehead atoms. The highest BCUT2D eigenvalue weighted by Gasteiger charge is 2.31. The van der Waals surface area contributed by atoms with Gasteiger partial charge in [0.15, 0.2) is 0 Å². The number of fused-ring (bicyclic) bond motifs is 1. The van der Waals surface area contributed by atoms with Crippen molar-refractivity contribution < 1.29 is 9.90 Å². The van der Waals surface area contributed by atoms with Gasteiger partial charge in [0.1, 0.15) is 11.7 Å². The van der Waals surface area contributed by atoms with Gasteiger partial charge in [-0.15, -0.1) is 0 Å². The van der Waals surface area contributed by atoms with Crippen LogP contribution in [0.25, 0.3) is 0 Å². The topological polar surface area (TPSA) is 58.4 Å². The fraction of sp³-hybridized carbons (Fsp3) is 0.750. The molecule has 2 aliphatic rings. The van der Waals surface area contributed by atoms with Gasteiger partial charge in [-0.1, -0.05) is 0 Å². The minimum Gasteiger partial charge on any atom is -0.481 e. The van der Waals surface area contributed by atoms with Crippen molar-refractivity contribution >= 4 is 5.97 Å². The smallest absolute Gasteiger partial charge is 0.314 e. The van der Waals surface area contributed by atoms with Gasteiger partial charge in [-0.05, 0) is 46.1 Å². The van der Waals surface area contributed by atoms with E-state index in [1.54, 1.807) is 0 Å². The Hall–Kier alpha value is -1.36. The van der Waals surface area contributed by atoms with Crippen molar-refractivity contribution in [3.8, 4) is 0 Å². The zero-order valence-corrected chi connectivity index (χ0v) is 13.0. The van der Waals surface area contributed by atoms with Crippen LogP contribution in [0.5, 0.6) is 0 Å². The lowest BCUT2D eigenvalue weighted by atomic mass is 9.99. The summed E-state index contributed by atoms with van der Waals surface area (Å²) >= 11 is 0. The lowest BCUT2D eigenvalue weighted by Gasteiger charge is -2.27. The molecule has 3 heterocycles. The average molecular weight is 291 g/mol. The predicted octanol–water partition coefficient (Wildman–Crippen LogP) is 2.26. The number of carboxylic acid groups (broad SMARTS) is 1. The maximum atomic E-state index is 11.4. The van der Waals surface area contributed by atoms with Crippen LogP contribution >= 0.6 is 0 Å². The summed E-state index contributed by atoms with van der Waals surface area (Å²) in [7, 11) is 0. The second kappa shape index (κ2) is 5.79. The first-order valence-electron chi connectivity index (χ1n) is 8.10. The second-order valence-electron chi connectivity index (χ2n) is 6.65. The molecule has 0 spiro atoms. The monoisotopic (exact) mass is 291 g/mol. The predicted molar refractivity (Wildman–Crippen MR) is 80.4 cm³/mol. The number of rotatable bonds is 4. The third-order valence-electron chi connectivity index (χ3n) is 4.89. The first-order valence-corrected chi connectivity index (χ1v) is 8.10. The van der Waals surface area contributed by atoms with Crippen LogP contribution in [0.1, 0.15) is 57.0 Å². The van der Waals surface area contributed by atoms with Crippen molar-refractivity contribution in [2.45, 2.75) is 70.5 Å². The molecular weight excluding hydrogens is 266 g/mol. The molecule has 2 aliphatic heterocycles. The van der Waals surface area contributed by atoms with Crippen LogP contribution in [0.2, 0.25) is 0 Å². The molecule has 0 saturated carbocycles. The summed E-state index contributed by atoms with van der Waals surface area (Å²) in [6, 6.07) is 1.13. The molecule has 1 aromatic rings. The molecule has 1 N–H and O–H groups in total. The Morgan fingerprint density at radius 1 is 1.38 bits per heavy atom. The molecule has 1 aromatic heterocycles. The normalized spacial score (nSPS) is 26.2. The van der Waals surface area contributed by atoms with Crippen LogP contribution in [0, 0.1) is 0 Å². The first-order chi connectivity index (χ1) is 10.1. The van der Waals surface area contributed by atoms with Crippen molar-refractivity contribution in [2.75, 3.05) is 6.54 Å². The number of aryl methyl sites for hydroxylation is 1. The molecule has 0 aromatic carbocycles. The van der Waals surface area contributed by atoms with E-state index in [1.807, 2.05) is 0 Å². The van der Waals surface area contributed by atoms with Gasteiger partial charge in [-0.3, -0.25) is 9.69 Å². The van der Waals surface area contributed by atoms with Gasteiger partial charge in [-0.2, -0.15) is 0 Å². The van der Waals surface area contributed by atoms with E-state index in [4.69, 9.17) is 0 Å². The van der Waals surface area contributed by atoms with Crippen LogP contribution in [-0.4, -0.2) is 44.2 Å². The third kappa shape index (κ3) is 2.84. The number of carboxylic acids is 1. The number of nitrogens with zero attached hydrogens (tertiary/aromatic N) is 3. The van der Waals surface area contributed by atoms with E-state index in [0.29, 0.717) is 18.5 Å². The Labute approximate surface area is 126 Å². The lowest BCUT2D eigenvalue weighted by Crippen LogP contribution is -2.36. The van der Waals surface area contributed by atoms with Crippen LogP contribution < -0.4 is 0 Å². The van der Waals surface area contributed by atoms with E-state index < -0.39 is 11.9 Å². The van der Waals surface area contributed by atoms with E-state index in [-0.39, 0.29) is 0 Å². The molecule has 5 heteroatoms. The molecule has 5 nitrogen and oxygen atoms in total. The molecule has 2 unspecified atom stereocenters. The van der Waals surface area contributed by atoms with E-state index in [0.717, 1.165) is 30.9 Å². The summed E-state index contributed by atoms with van der Waals surface area (Å²) < 4.78 is 2.06. The highest BCUT2D eigenvalue weighted by atomic mass is 16.4. The highest BCUT2D eigenvalue weighted by Crippen LogP contribution is 2.29. The minimum absolute atomic E-state index is 0.419. The Morgan fingerprint density at radius 2 is 2.14 bits per heavy atom. The van der Waals surface area contributed by atoms with Crippen molar-refractivity contribution in [3.63, 3.8) is 0 Å². The van der Waals surface area contributed by atoms with Crippen LogP contribution in [0.15, 0.2) is 6.20 Å². The summed E-state index contributed by atoms with van der Waals surface area (Å²) in [6.07, 6.45) is 7.16. The zero-order valence-electron chi connectivity index (χ0n) is 13.0. The second-order valence-corrected chi connectivity index (χ2v) is 6.65. The highest BCUT2D eigenvalue weighted by molar-refractivity contribution is 5.75. The van der Waals surface area contributed by atoms with Crippen LogP contribution in [-0.2, 0) is 17.8 Å². The van der Waals surface area contributed by atoms with Crippen LogP contribution in [0.4, 0.5) is 0 Å². The first kappa shape index (κ1) is 14.6. The molecule has 0 amide bonds. The van der Waals surface area contributed by atoms with Gasteiger partial charge in [-0.25, -0.2) is 4.98 Å². The number of hydrogen-bond donors (Lipinski definition) is 1. The fourth-order valence-electron chi connectivity index (χ4n) is 3.87. The Kier molecular flexibility index (Phi) is 4.02. The number of likely N-dealkylation sites (tertiary alicyclic amines) is 1. The summed E-state index contributed by atoms with van der Waals surface area (Å²) in [5.74, 6) is -0.395. The third-order valence-corrected chi connectivity index (χ3v) is 4.89. The standard InChI is InChI=1S/C16H25N3O2/c1-11(2)19-8-3-5-13(19)9-12-10-18-7-4-6-14(16(20)21)15(18)17-12/h10-11,13-14H,3-9H2,1-2H3,(H,20,21). The molecule has 0 aliphatic carbocycles. The van der Waals surface area contributed by atoms with Crippen molar-refractivity contribution in [2.24, 2.45) is 0 Å². The summed E-state index contributed by atoms with van der Waals surface area (Å²) in [4.78, 5) is 18.6. The van der Waals surface area contributed by atoms with E-state index in [2.05, 4.69) is 34.5 Å². The quantitative estimate of drug-likeness (QED) is 0.924. The molecule has 3 rings (SSSR count). The molecule has 1 fully saturated rings. The largest absolute Gasteiger partial charge is 0.481 e. The molecule has 0 radical (unpaired) electrons. The van der Waals surface area contributed by atoms with Gasteiger partial charge in [0.05, 0.1) is 5.69 Å². The molecule has 2 atom stereocenters. The molecule has 21 heavy (non-hydrogen) atoms. The van der Waals surface area contributed by atoms with Gasteiger partial charge in [0.25, 0.3) is 0 Å².